The first-order valence-electron chi connectivity index (χ1n) is 7.15. The molecule has 3 rings (SSSR count). The number of ether oxygens (including phenoxy) is 2. The van der Waals surface area contributed by atoms with Crippen LogP contribution in [0.4, 0.5) is 17.6 Å². The summed E-state index contributed by atoms with van der Waals surface area (Å²) in [6.45, 7) is 0.302. The van der Waals surface area contributed by atoms with Crippen LogP contribution in [-0.4, -0.2) is 13.0 Å². The molecule has 2 saturated carbocycles. The molecule has 0 aromatic heterocycles. The summed E-state index contributed by atoms with van der Waals surface area (Å²) in [5.41, 5.74) is 0.291. The van der Waals surface area contributed by atoms with Crippen molar-refractivity contribution < 1.29 is 27.0 Å². The Morgan fingerprint density at radius 3 is 2.33 bits per heavy atom. The molecule has 6 heteroatoms. The Labute approximate surface area is 120 Å². The summed E-state index contributed by atoms with van der Waals surface area (Å²) in [4.78, 5) is 0. The van der Waals surface area contributed by atoms with Crippen molar-refractivity contribution in [2.75, 3.05) is 6.61 Å². The topological polar surface area (TPSA) is 18.5 Å². The summed E-state index contributed by atoms with van der Waals surface area (Å²) in [6.07, 6.45) is -0.373. The molecule has 0 saturated heterocycles. The van der Waals surface area contributed by atoms with Gasteiger partial charge in [0.1, 0.15) is 0 Å². The normalized spacial score (nSPS) is 19.2. The third-order valence-corrected chi connectivity index (χ3v) is 4.03. The smallest absolute Gasteiger partial charge is 0.489 e. The van der Waals surface area contributed by atoms with E-state index in [0.29, 0.717) is 18.1 Å². The Morgan fingerprint density at radius 2 is 1.81 bits per heavy atom. The van der Waals surface area contributed by atoms with E-state index in [2.05, 4.69) is 4.74 Å². The van der Waals surface area contributed by atoms with Crippen molar-refractivity contribution in [1.29, 1.82) is 0 Å². The van der Waals surface area contributed by atoms with Gasteiger partial charge in [0.05, 0.1) is 6.61 Å². The first kappa shape index (κ1) is 14.5. The van der Waals surface area contributed by atoms with E-state index < -0.39 is 17.9 Å². The minimum absolute atomic E-state index is 0.0157. The summed E-state index contributed by atoms with van der Waals surface area (Å²) < 4.78 is 61.0. The summed E-state index contributed by atoms with van der Waals surface area (Å²) in [5.74, 6) is -1.59. The number of hydrogen-bond acceptors (Lipinski definition) is 2. The zero-order chi connectivity index (χ0) is 15.0. The lowest BCUT2D eigenvalue weighted by Gasteiger charge is -2.27. The molecule has 0 spiro atoms. The Morgan fingerprint density at radius 1 is 1.10 bits per heavy atom. The molecular formula is C15H16F4O2. The maximum Gasteiger partial charge on any atom is 0.573 e. The van der Waals surface area contributed by atoms with E-state index in [1.165, 1.54) is 12.1 Å². The van der Waals surface area contributed by atoms with Crippen molar-refractivity contribution in [3.63, 3.8) is 0 Å². The van der Waals surface area contributed by atoms with Gasteiger partial charge < -0.3 is 9.47 Å². The van der Waals surface area contributed by atoms with Crippen LogP contribution < -0.4 is 9.47 Å². The van der Waals surface area contributed by atoms with Crippen LogP contribution in [0.1, 0.15) is 43.6 Å². The van der Waals surface area contributed by atoms with Crippen LogP contribution in [0.25, 0.3) is 0 Å². The average Bonchev–Trinajstić information content (AvgIpc) is 3.13. The number of benzene rings is 1. The van der Waals surface area contributed by atoms with Crippen LogP contribution >= 0.6 is 0 Å². The predicted molar refractivity (Wildman–Crippen MR) is 67.9 cm³/mol. The molecule has 0 bridgehead atoms. The van der Waals surface area contributed by atoms with Gasteiger partial charge in [-0.2, -0.15) is 0 Å². The number of hydrogen-bond donors (Lipinski definition) is 0. The maximum absolute atomic E-state index is 14.4. The monoisotopic (exact) mass is 304 g/mol. The molecule has 0 radical (unpaired) electrons. The molecule has 1 aromatic carbocycles. The van der Waals surface area contributed by atoms with Gasteiger partial charge in [0, 0.05) is 0 Å². The second-order valence-electron chi connectivity index (χ2n) is 5.73. The van der Waals surface area contributed by atoms with Gasteiger partial charge in [-0.05, 0) is 49.1 Å². The molecule has 0 N–H and O–H groups in total. The van der Waals surface area contributed by atoms with Crippen LogP contribution in [0, 0.1) is 11.7 Å². The van der Waals surface area contributed by atoms with Crippen molar-refractivity contribution in [3.05, 3.63) is 23.5 Å². The highest BCUT2D eigenvalue weighted by atomic mass is 19.4. The second-order valence-corrected chi connectivity index (χ2v) is 5.73. The third kappa shape index (κ3) is 3.41. The van der Waals surface area contributed by atoms with E-state index in [-0.39, 0.29) is 11.7 Å². The molecule has 21 heavy (non-hydrogen) atoms. The molecule has 2 nitrogen and oxygen atoms in total. The first-order valence-corrected chi connectivity index (χ1v) is 7.15. The zero-order valence-corrected chi connectivity index (χ0v) is 11.4. The van der Waals surface area contributed by atoms with Crippen LogP contribution in [0.5, 0.6) is 11.5 Å². The fourth-order valence-electron chi connectivity index (χ4n) is 2.40. The molecule has 2 fully saturated rings. The Bertz CT molecular complexity index is 519. The fourth-order valence-corrected chi connectivity index (χ4v) is 2.40. The zero-order valence-electron chi connectivity index (χ0n) is 11.4. The highest BCUT2D eigenvalue weighted by molar-refractivity contribution is 5.46. The molecule has 0 atom stereocenters. The lowest BCUT2D eigenvalue weighted by Crippen LogP contribution is -2.20. The van der Waals surface area contributed by atoms with Crippen molar-refractivity contribution in [1.82, 2.24) is 0 Å². The van der Waals surface area contributed by atoms with E-state index in [9.17, 15) is 17.6 Å². The molecular weight excluding hydrogens is 288 g/mol. The van der Waals surface area contributed by atoms with Gasteiger partial charge >= 0.3 is 6.36 Å². The molecule has 1 aromatic rings. The average molecular weight is 304 g/mol. The van der Waals surface area contributed by atoms with Crippen LogP contribution in [0.15, 0.2) is 12.1 Å². The lowest BCUT2D eigenvalue weighted by atomic mass is 9.80. The molecule has 2 aliphatic rings. The maximum atomic E-state index is 14.4. The van der Waals surface area contributed by atoms with Gasteiger partial charge in [0.15, 0.2) is 11.6 Å². The molecule has 0 heterocycles. The van der Waals surface area contributed by atoms with Crippen LogP contribution in [-0.2, 0) is 0 Å². The molecule has 0 aliphatic heterocycles. The fraction of sp³-hybridized carbons (Fsp3) is 0.600. The van der Waals surface area contributed by atoms with E-state index in [4.69, 9.17) is 4.74 Å². The van der Waals surface area contributed by atoms with Gasteiger partial charge in [-0.15, -0.1) is 13.2 Å². The summed E-state index contributed by atoms with van der Waals surface area (Å²) in [5, 5.41) is 0. The summed E-state index contributed by atoms with van der Waals surface area (Å²) in [7, 11) is 0. The SMILES string of the molecule is Fc1c(C2CCC2)ccc(OCC2CC2)c1OC(F)(F)F. The lowest BCUT2D eigenvalue weighted by molar-refractivity contribution is -0.276. The van der Waals surface area contributed by atoms with Crippen LogP contribution in [0.2, 0.25) is 0 Å². The number of halogens is 4. The summed E-state index contributed by atoms with van der Waals surface area (Å²) >= 11 is 0. The van der Waals surface area contributed by atoms with Gasteiger partial charge in [0.2, 0.25) is 5.75 Å². The highest BCUT2D eigenvalue weighted by Gasteiger charge is 2.36. The van der Waals surface area contributed by atoms with E-state index in [0.717, 1.165) is 32.1 Å². The molecule has 116 valence electrons. The van der Waals surface area contributed by atoms with Crippen LogP contribution in [0.3, 0.4) is 0 Å². The number of alkyl halides is 3. The first-order chi connectivity index (χ1) is 9.94. The van der Waals surface area contributed by atoms with Crippen molar-refractivity contribution in [3.8, 4) is 11.5 Å². The quantitative estimate of drug-likeness (QED) is 0.729. The predicted octanol–water partition coefficient (Wildman–Crippen LogP) is 4.78. The summed E-state index contributed by atoms with van der Waals surface area (Å²) in [6, 6.07) is 2.91. The Balaban J connectivity index is 1.87. The minimum Gasteiger partial charge on any atom is -0.489 e. The second kappa shape index (κ2) is 5.39. The highest BCUT2D eigenvalue weighted by Crippen LogP contribution is 2.44. The third-order valence-electron chi connectivity index (χ3n) is 4.03. The van der Waals surface area contributed by atoms with Crippen molar-refractivity contribution >= 4 is 0 Å². The van der Waals surface area contributed by atoms with Gasteiger partial charge in [0.25, 0.3) is 0 Å². The Hall–Kier alpha value is -1.46. The molecule has 0 amide bonds. The van der Waals surface area contributed by atoms with Crippen molar-refractivity contribution in [2.24, 2.45) is 5.92 Å². The molecule has 0 unspecified atom stereocenters. The van der Waals surface area contributed by atoms with Gasteiger partial charge in [-0.25, -0.2) is 4.39 Å². The standard InChI is InChI=1S/C15H16F4O2/c16-13-11(10-2-1-3-10)6-7-12(20-8-9-4-5-9)14(13)21-15(17,18)19/h6-7,9-10H,1-5,8H2. The number of rotatable bonds is 5. The van der Waals surface area contributed by atoms with E-state index in [1.54, 1.807) is 0 Å². The largest absolute Gasteiger partial charge is 0.573 e. The van der Waals surface area contributed by atoms with Gasteiger partial charge in [-0.1, -0.05) is 12.5 Å². The van der Waals surface area contributed by atoms with Crippen molar-refractivity contribution in [2.45, 2.75) is 44.4 Å². The van der Waals surface area contributed by atoms with E-state index in [1.807, 2.05) is 0 Å². The van der Waals surface area contributed by atoms with Gasteiger partial charge in [-0.3, -0.25) is 0 Å². The Kier molecular flexibility index (Phi) is 3.71. The van der Waals surface area contributed by atoms with E-state index >= 15 is 0 Å². The molecule has 2 aliphatic carbocycles. The minimum atomic E-state index is -4.93.